The number of hydrogen-bond donors (Lipinski definition) is 2. The highest BCUT2D eigenvalue weighted by molar-refractivity contribution is 5.31. The number of hydrogen-bond acceptors (Lipinski definition) is 4. The van der Waals surface area contributed by atoms with Crippen LogP contribution in [0.4, 0.5) is 5.95 Å². The predicted octanol–water partition coefficient (Wildman–Crippen LogP) is 2.06. The molecule has 2 rings (SSSR count). The third-order valence-electron chi connectivity index (χ3n) is 4.74. The molecular weight excluding hydrogens is 238 g/mol. The van der Waals surface area contributed by atoms with Gasteiger partial charge in [0, 0.05) is 18.5 Å². The monoisotopic (exact) mass is 265 g/mol. The molecule has 0 unspecified atom stereocenters. The SMILES string of the molecule is CCC(C)(C)c1nc(N2CCC(C)(CN)CC2)n[nH]1. The van der Waals surface area contributed by atoms with E-state index in [-0.39, 0.29) is 5.41 Å². The van der Waals surface area contributed by atoms with E-state index in [0.29, 0.717) is 5.41 Å². The second-order valence-corrected chi connectivity index (χ2v) is 6.72. The second-order valence-electron chi connectivity index (χ2n) is 6.72. The van der Waals surface area contributed by atoms with E-state index in [4.69, 9.17) is 5.73 Å². The van der Waals surface area contributed by atoms with Gasteiger partial charge in [-0.15, -0.1) is 5.10 Å². The molecule has 0 atom stereocenters. The molecular formula is C14H27N5. The van der Waals surface area contributed by atoms with E-state index in [1.807, 2.05) is 0 Å². The number of nitrogens with one attached hydrogen (secondary N) is 1. The van der Waals surface area contributed by atoms with Crippen LogP contribution in [-0.2, 0) is 5.41 Å². The summed E-state index contributed by atoms with van der Waals surface area (Å²) in [6.07, 6.45) is 3.28. The largest absolute Gasteiger partial charge is 0.340 e. The smallest absolute Gasteiger partial charge is 0.244 e. The molecule has 3 N–H and O–H groups in total. The number of nitrogens with zero attached hydrogens (tertiary/aromatic N) is 3. The number of rotatable bonds is 4. The molecule has 2 heterocycles. The molecule has 1 aromatic heterocycles. The summed E-state index contributed by atoms with van der Waals surface area (Å²) in [5, 5.41) is 7.49. The molecule has 5 nitrogen and oxygen atoms in total. The van der Waals surface area contributed by atoms with E-state index in [2.05, 4.69) is 47.8 Å². The lowest BCUT2D eigenvalue weighted by Crippen LogP contribution is -2.42. The molecule has 0 radical (unpaired) electrons. The maximum atomic E-state index is 5.84. The summed E-state index contributed by atoms with van der Waals surface area (Å²) >= 11 is 0. The molecule has 1 aliphatic rings. The van der Waals surface area contributed by atoms with Gasteiger partial charge in [-0.2, -0.15) is 4.98 Å². The highest BCUT2D eigenvalue weighted by atomic mass is 15.4. The van der Waals surface area contributed by atoms with E-state index >= 15 is 0 Å². The van der Waals surface area contributed by atoms with Gasteiger partial charge < -0.3 is 10.6 Å². The van der Waals surface area contributed by atoms with Crippen LogP contribution >= 0.6 is 0 Å². The van der Waals surface area contributed by atoms with Crippen molar-refractivity contribution in [2.45, 2.75) is 52.4 Å². The molecule has 108 valence electrons. The summed E-state index contributed by atoms with van der Waals surface area (Å²) in [4.78, 5) is 6.95. The van der Waals surface area contributed by atoms with Crippen LogP contribution < -0.4 is 10.6 Å². The van der Waals surface area contributed by atoms with E-state index in [9.17, 15) is 0 Å². The predicted molar refractivity (Wildman–Crippen MR) is 78.3 cm³/mol. The van der Waals surface area contributed by atoms with Gasteiger partial charge in [0.25, 0.3) is 0 Å². The fraction of sp³-hybridized carbons (Fsp3) is 0.857. The number of aromatic nitrogens is 3. The lowest BCUT2D eigenvalue weighted by atomic mass is 9.81. The Morgan fingerprint density at radius 2 is 2.00 bits per heavy atom. The number of H-pyrrole nitrogens is 1. The summed E-state index contributed by atoms with van der Waals surface area (Å²) in [6.45, 7) is 11.6. The highest BCUT2D eigenvalue weighted by Gasteiger charge is 2.31. The zero-order valence-corrected chi connectivity index (χ0v) is 12.7. The van der Waals surface area contributed by atoms with Crippen LogP contribution in [0, 0.1) is 5.41 Å². The normalized spacial score (nSPS) is 19.7. The first-order valence-corrected chi connectivity index (χ1v) is 7.28. The molecule has 19 heavy (non-hydrogen) atoms. The molecule has 0 aromatic carbocycles. The second kappa shape index (κ2) is 5.12. The van der Waals surface area contributed by atoms with Crippen LogP contribution in [0.2, 0.25) is 0 Å². The maximum Gasteiger partial charge on any atom is 0.244 e. The summed E-state index contributed by atoms with van der Waals surface area (Å²) < 4.78 is 0. The standard InChI is InChI=1S/C14H27N5/c1-5-13(2,3)11-16-12(18-17-11)19-8-6-14(4,10-15)7-9-19/h5-10,15H2,1-4H3,(H,16,17,18). The van der Waals surface area contributed by atoms with Gasteiger partial charge in [0.15, 0.2) is 0 Å². The van der Waals surface area contributed by atoms with Crippen LogP contribution in [0.5, 0.6) is 0 Å². The molecule has 0 spiro atoms. The van der Waals surface area contributed by atoms with Crippen molar-refractivity contribution >= 4 is 5.95 Å². The van der Waals surface area contributed by atoms with Gasteiger partial charge in [0.05, 0.1) is 0 Å². The van der Waals surface area contributed by atoms with Crippen LogP contribution in [0.25, 0.3) is 0 Å². The highest BCUT2D eigenvalue weighted by Crippen LogP contribution is 2.31. The van der Waals surface area contributed by atoms with Crippen molar-refractivity contribution < 1.29 is 0 Å². The number of anilines is 1. The van der Waals surface area contributed by atoms with Gasteiger partial charge in [-0.3, -0.25) is 5.10 Å². The van der Waals surface area contributed by atoms with Crippen molar-refractivity contribution in [1.29, 1.82) is 0 Å². The summed E-state index contributed by atoms with van der Waals surface area (Å²) in [6, 6.07) is 0. The van der Waals surface area contributed by atoms with Gasteiger partial charge >= 0.3 is 0 Å². The van der Waals surface area contributed by atoms with Gasteiger partial charge in [-0.25, -0.2) is 0 Å². The Kier molecular flexibility index (Phi) is 3.85. The first kappa shape index (κ1) is 14.3. The molecule has 0 aliphatic carbocycles. The average Bonchev–Trinajstić information content (AvgIpc) is 2.90. The third kappa shape index (κ3) is 2.91. The van der Waals surface area contributed by atoms with E-state index in [1.165, 1.54) is 0 Å². The zero-order valence-electron chi connectivity index (χ0n) is 12.7. The van der Waals surface area contributed by atoms with E-state index in [1.54, 1.807) is 0 Å². The first-order valence-electron chi connectivity index (χ1n) is 7.28. The fourth-order valence-corrected chi connectivity index (χ4v) is 2.32. The Hall–Kier alpha value is -1.10. The van der Waals surface area contributed by atoms with Crippen molar-refractivity contribution in [3.05, 3.63) is 5.82 Å². The average molecular weight is 265 g/mol. The van der Waals surface area contributed by atoms with Crippen LogP contribution in [0.1, 0.15) is 52.8 Å². The minimum Gasteiger partial charge on any atom is -0.340 e. The number of nitrogens with two attached hydrogens (primary N) is 1. The van der Waals surface area contributed by atoms with Crippen molar-refractivity contribution in [2.75, 3.05) is 24.5 Å². The molecule has 1 saturated heterocycles. The van der Waals surface area contributed by atoms with Crippen molar-refractivity contribution in [3.63, 3.8) is 0 Å². The first-order chi connectivity index (χ1) is 8.90. The maximum absolute atomic E-state index is 5.84. The lowest BCUT2D eigenvalue weighted by Gasteiger charge is -2.38. The molecule has 0 saturated carbocycles. The van der Waals surface area contributed by atoms with Crippen molar-refractivity contribution in [3.8, 4) is 0 Å². The molecule has 1 fully saturated rings. The van der Waals surface area contributed by atoms with Crippen LogP contribution in [0.15, 0.2) is 0 Å². The van der Waals surface area contributed by atoms with Crippen molar-refractivity contribution in [1.82, 2.24) is 15.2 Å². The van der Waals surface area contributed by atoms with Crippen LogP contribution in [-0.4, -0.2) is 34.8 Å². The topological polar surface area (TPSA) is 70.8 Å². The van der Waals surface area contributed by atoms with Gasteiger partial charge in [-0.1, -0.05) is 27.7 Å². The zero-order chi connectivity index (χ0) is 14.1. The minimum absolute atomic E-state index is 0.0623. The Morgan fingerprint density at radius 1 is 1.37 bits per heavy atom. The number of piperidine rings is 1. The lowest BCUT2D eigenvalue weighted by molar-refractivity contribution is 0.257. The molecule has 5 heteroatoms. The molecule has 1 aliphatic heterocycles. The van der Waals surface area contributed by atoms with Crippen molar-refractivity contribution in [2.24, 2.45) is 11.1 Å². The summed E-state index contributed by atoms with van der Waals surface area (Å²) in [7, 11) is 0. The van der Waals surface area contributed by atoms with E-state index in [0.717, 1.165) is 50.7 Å². The summed E-state index contributed by atoms with van der Waals surface area (Å²) in [5.41, 5.74) is 6.20. The molecule has 0 bridgehead atoms. The Morgan fingerprint density at radius 3 is 2.53 bits per heavy atom. The van der Waals surface area contributed by atoms with Gasteiger partial charge in [-0.05, 0) is 31.2 Å². The Labute approximate surface area is 116 Å². The van der Waals surface area contributed by atoms with E-state index < -0.39 is 0 Å². The third-order valence-corrected chi connectivity index (χ3v) is 4.74. The summed E-state index contributed by atoms with van der Waals surface area (Å²) in [5.74, 6) is 1.83. The van der Waals surface area contributed by atoms with Crippen LogP contribution in [0.3, 0.4) is 0 Å². The fourth-order valence-electron chi connectivity index (χ4n) is 2.32. The Bertz CT molecular complexity index is 415. The number of aromatic amines is 1. The Balaban J connectivity index is 2.05. The molecule has 1 aromatic rings. The molecule has 0 amide bonds. The minimum atomic E-state index is 0.0623. The quantitative estimate of drug-likeness (QED) is 0.874. The van der Waals surface area contributed by atoms with Gasteiger partial charge in [0.1, 0.15) is 5.82 Å². The van der Waals surface area contributed by atoms with Gasteiger partial charge in [0.2, 0.25) is 5.95 Å².